The van der Waals surface area contributed by atoms with Gasteiger partial charge in [-0.3, -0.25) is 0 Å². The maximum atomic E-state index is 11.8. The lowest BCUT2D eigenvalue weighted by molar-refractivity contribution is -0.238. The van der Waals surface area contributed by atoms with Gasteiger partial charge in [0.25, 0.3) is 0 Å². The molecule has 9 nitrogen and oxygen atoms in total. The second kappa shape index (κ2) is 6.38. The van der Waals surface area contributed by atoms with Crippen LogP contribution >= 0.6 is 0 Å². The molecule has 146 valence electrons. The van der Waals surface area contributed by atoms with E-state index in [0.717, 1.165) is 0 Å². The molecule has 3 aliphatic rings. The number of hydrogen-bond acceptors (Lipinski definition) is 9. The van der Waals surface area contributed by atoms with E-state index in [1.165, 1.54) is 0 Å². The van der Waals surface area contributed by atoms with Gasteiger partial charge in [0.05, 0.1) is 12.7 Å². The fraction of sp³-hybridized carbons (Fsp3) is 1.00. The molecule has 3 heterocycles. The zero-order chi connectivity index (χ0) is 18.6. The van der Waals surface area contributed by atoms with Crippen LogP contribution in [0.1, 0.15) is 41.5 Å². The van der Waals surface area contributed by atoms with Gasteiger partial charge in [-0.25, -0.2) is 8.37 Å². The SMILES string of the molecule is CC(C)OS(=O)(=O)OC[C@H]1O[C@@H]2OC(C)(C)O[C@@H]2[C@H]2OC(C)(C)O[C@H]21. The van der Waals surface area contributed by atoms with E-state index in [1.807, 2.05) is 0 Å². The van der Waals surface area contributed by atoms with Gasteiger partial charge in [0.1, 0.15) is 24.4 Å². The lowest BCUT2D eigenvalue weighted by atomic mass is 9.99. The molecule has 10 heteroatoms. The smallest absolute Gasteiger partial charge is 0.342 e. The van der Waals surface area contributed by atoms with Gasteiger partial charge in [-0.05, 0) is 41.5 Å². The largest absolute Gasteiger partial charge is 0.400 e. The van der Waals surface area contributed by atoms with Gasteiger partial charge < -0.3 is 23.7 Å². The Hall–Kier alpha value is -0.330. The van der Waals surface area contributed by atoms with Gasteiger partial charge in [-0.2, -0.15) is 8.42 Å². The first-order chi connectivity index (χ1) is 11.4. The predicted molar refractivity (Wildman–Crippen MR) is 83.6 cm³/mol. The maximum absolute atomic E-state index is 11.8. The van der Waals surface area contributed by atoms with Crippen molar-refractivity contribution in [1.82, 2.24) is 0 Å². The Morgan fingerprint density at radius 1 is 0.920 bits per heavy atom. The van der Waals surface area contributed by atoms with E-state index in [1.54, 1.807) is 41.5 Å². The van der Waals surface area contributed by atoms with Crippen LogP contribution in [0.4, 0.5) is 0 Å². The summed E-state index contributed by atoms with van der Waals surface area (Å²) < 4.78 is 62.6. The summed E-state index contributed by atoms with van der Waals surface area (Å²) in [4.78, 5) is 0. The van der Waals surface area contributed by atoms with E-state index in [-0.39, 0.29) is 6.61 Å². The van der Waals surface area contributed by atoms with Crippen molar-refractivity contribution < 1.29 is 40.5 Å². The summed E-state index contributed by atoms with van der Waals surface area (Å²) in [7, 11) is -4.13. The summed E-state index contributed by atoms with van der Waals surface area (Å²) >= 11 is 0. The molecular formula is C15H26O9S. The zero-order valence-corrected chi connectivity index (χ0v) is 16.1. The summed E-state index contributed by atoms with van der Waals surface area (Å²) in [6.07, 6.45) is -3.42. The Balaban J connectivity index is 1.74. The first-order valence-corrected chi connectivity index (χ1v) is 9.65. The highest BCUT2D eigenvalue weighted by atomic mass is 32.3. The van der Waals surface area contributed by atoms with Gasteiger partial charge >= 0.3 is 10.4 Å². The molecule has 0 saturated carbocycles. The number of rotatable bonds is 5. The predicted octanol–water partition coefficient (Wildman–Crippen LogP) is 1.07. The van der Waals surface area contributed by atoms with Crippen molar-refractivity contribution in [2.75, 3.05) is 6.61 Å². The average Bonchev–Trinajstić information content (AvgIpc) is 2.89. The van der Waals surface area contributed by atoms with Crippen LogP contribution in [-0.4, -0.2) is 63.4 Å². The third-order valence-electron chi connectivity index (χ3n) is 3.94. The van der Waals surface area contributed by atoms with E-state index in [4.69, 9.17) is 32.1 Å². The Labute approximate surface area is 148 Å². The second-order valence-corrected chi connectivity index (χ2v) is 8.79. The third-order valence-corrected chi connectivity index (χ3v) is 4.98. The van der Waals surface area contributed by atoms with Crippen molar-refractivity contribution in [3.05, 3.63) is 0 Å². The van der Waals surface area contributed by atoms with Crippen LogP contribution in [0.15, 0.2) is 0 Å². The van der Waals surface area contributed by atoms with E-state index in [0.29, 0.717) is 0 Å². The second-order valence-electron chi connectivity index (χ2n) is 7.55. The summed E-state index contributed by atoms with van der Waals surface area (Å²) in [6.45, 7) is 10.0. The topological polar surface area (TPSA) is 98.8 Å². The van der Waals surface area contributed by atoms with Crippen LogP contribution in [0.5, 0.6) is 0 Å². The van der Waals surface area contributed by atoms with Gasteiger partial charge in [0.2, 0.25) is 0 Å². The number of hydrogen-bond donors (Lipinski definition) is 0. The molecule has 0 aliphatic carbocycles. The van der Waals surface area contributed by atoms with Gasteiger partial charge in [-0.15, -0.1) is 0 Å². The number of ether oxygens (including phenoxy) is 5. The minimum atomic E-state index is -4.13. The maximum Gasteiger partial charge on any atom is 0.400 e. The molecule has 0 bridgehead atoms. The van der Waals surface area contributed by atoms with Crippen molar-refractivity contribution in [1.29, 1.82) is 0 Å². The van der Waals surface area contributed by atoms with Gasteiger partial charge in [-0.1, -0.05) is 0 Å². The standard InChI is InChI=1S/C15H26O9S/c1-8(2)24-25(16,17)18-7-9-10-11(21-14(3,4)20-10)12-13(19-9)23-15(5,6)22-12/h8-13H,7H2,1-6H3/t9-,10+,11+,12-,13-/m1/s1. The number of fused-ring (bicyclic) bond motifs is 3. The van der Waals surface area contributed by atoms with Crippen LogP contribution in [0.3, 0.4) is 0 Å². The first kappa shape index (κ1) is 19.4. The van der Waals surface area contributed by atoms with Crippen LogP contribution < -0.4 is 0 Å². The Kier molecular flexibility index (Phi) is 4.96. The Morgan fingerprint density at radius 3 is 2.12 bits per heavy atom. The third kappa shape index (κ3) is 4.33. The highest BCUT2D eigenvalue weighted by molar-refractivity contribution is 7.81. The molecule has 0 radical (unpaired) electrons. The highest BCUT2D eigenvalue weighted by Crippen LogP contribution is 2.44. The van der Waals surface area contributed by atoms with Crippen LogP contribution in [0.25, 0.3) is 0 Å². The molecule has 0 amide bonds. The molecule has 3 saturated heterocycles. The summed E-state index contributed by atoms with van der Waals surface area (Å²) in [5.41, 5.74) is 0. The van der Waals surface area contributed by atoms with Crippen LogP contribution in [0, 0.1) is 0 Å². The van der Waals surface area contributed by atoms with E-state index >= 15 is 0 Å². The summed E-state index contributed by atoms with van der Waals surface area (Å²) in [5, 5.41) is 0. The molecule has 0 aromatic carbocycles. The molecule has 0 unspecified atom stereocenters. The van der Waals surface area contributed by atoms with E-state index in [2.05, 4.69) is 0 Å². The minimum absolute atomic E-state index is 0.275. The monoisotopic (exact) mass is 382 g/mol. The summed E-state index contributed by atoms with van der Waals surface area (Å²) in [5.74, 6) is -1.69. The fourth-order valence-electron chi connectivity index (χ4n) is 3.24. The molecule has 0 aromatic rings. The molecule has 3 rings (SSSR count). The fourth-order valence-corrected chi connectivity index (χ4v) is 4.07. The van der Waals surface area contributed by atoms with Crippen molar-refractivity contribution in [2.45, 2.75) is 89.9 Å². The molecular weight excluding hydrogens is 356 g/mol. The summed E-state index contributed by atoms with van der Waals surface area (Å²) in [6, 6.07) is 0. The Bertz CT molecular complexity index is 600. The van der Waals surface area contributed by atoms with Gasteiger partial charge in [0.15, 0.2) is 17.9 Å². The van der Waals surface area contributed by atoms with Crippen molar-refractivity contribution in [3.63, 3.8) is 0 Å². The molecule has 3 fully saturated rings. The van der Waals surface area contributed by atoms with Crippen molar-refractivity contribution in [3.8, 4) is 0 Å². The van der Waals surface area contributed by atoms with Gasteiger partial charge in [0, 0.05) is 0 Å². The highest BCUT2D eigenvalue weighted by Gasteiger charge is 2.60. The molecule has 0 N–H and O–H groups in total. The van der Waals surface area contributed by atoms with E-state index in [9.17, 15) is 8.42 Å². The molecule has 25 heavy (non-hydrogen) atoms. The molecule has 5 atom stereocenters. The normalized spacial score (nSPS) is 39.4. The molecule has 3 aliphatic heterocycles. The lowest BCUT2D eigenvalue weighted by Gasteiger charge is -2.36. The lowest BCUT2D eigenvalue weighted by Crippen LogP contribution is -2.56. The van der Waals surface area contributed by atoms with Crippen LogP contribution in [-0.2, 0) is 42.4 Å². The molecule has 0 aromatic heterocycles. The van der Waals surface area contributed by atoms with Crippen LogP contribution in [0.2, 0.25) is 0 Å². The van der Waals surface area contributed by atoms with Crippen molar-refractivity contribution in [2.24, 2.45) is 0 Å². The van der Waals surface area contributed by atoms with E-state index < -0.39 is 58.8 Å². The minimum Gasteiger partial charge on any atom is -0.342 e. The average molecular weight is 382 g/mol. The zero-order valence-electron chi connectivity index (χ0n) is 15.3. The molecule has 0 spiro atoms. The first-order valence-electron chi connectivity index (χ1n) is 8.32. The quantitative estimate of drug-likeness (QED) is 0.691. The van der Waals surface area contributed by atoms with Crippen molar-refractivity contribution >= 4 is 10.4 Å². The Morgan fingerprint density at radius 2 is 1.48 bits per heavy atom.